The fourth-order valence-corrected chi connectivity index (χ4v) is 3.79. The molecule has 1 N–H and O–H groups in total. The van der Waals surface area contributed by atoms with Gasteiger partial charge in [-0.2, -0.15) is 0 Å². The number of hydrogen-bond acceptors (Lipinski definition) is 4. The Balaban J connectivity index is 1.39. The lowest BCUT2D eigenvalue weighted by Gasteiger charge is -2.23. The summed E-state index contributed by atoms with van der Waals surface area (Å²) in [6.07, 6.45) is 1.18. The number of piperidine rings is 1. The standard InChI is InChI=1S/C21H22N2O3/c1-14(24)16-3-2-4-19(11-16)26-18-7-5-15(6-8-18)21(25)22-20-13-23-10-9-17(20)12-23/h2-8,11,17,20H,9-10,12-13H2,1H3,(H,22,25)/t17-,20?/m0/s1. The van der Waals surface area contributed by atoms with Crippen molar-refractivity contribution in [3.8, 4) is 11.5 Å². The highest BCUT2D eigenvalue weighted by Gasteiger charge is 2.38. The molecule has 2 heterocycles. The van der Waals surface area contributed by atoms with Crippen molar-refractivity contribution in [3.63, 3.8) is 0 Å². The maximum absolute atomic E-state index is 12.5. The minimum atomic E-state index is -0.0334. The van der Waals surface area contributed by atoms with Crippen molar-refractivity contribution in [3.05, 3.63) is 59.7 Å². The van der Waals surface area contributed by atoms with Crippen LogP contribution in [0, 0.1) is 5.92 Å². The van der Waals surface area contributed by atoms with E-state index >= 15 is 0 Å². The molecule has 2 aliphatic heterocycles. The predicted octanol–water partition coefficient (Wildman–Crippen LogP) is 3.12. The third kappa shape index (κ3) is 3.48. The summed E-state index contributed by atoms with van der Waals surface area (Å²) < 4.78 is 5.79. The lowest BCUT2D eigenvalue weighted by molar-refractivity contribution is 0.0923. The van der Waals surface area contributed by atoms with Gasteiger partial charge in [0.25, 0.3) is 5.91 Å². The van der Waals surface area contributed by atoms with Crippen LogP contribution in [0.1, 0.15) is 34.1 Å². The summed E-state index contributed by atoms with van der Waals surface area (Å²) in [5, 5.41) is 3.16. The Hall–Kier alpha value is -2.66. The molecule has 2 bridgehead atoms. The van der Waals surface area contributed by atoms with Crippen LogP contribution in [0.2, 0.25) is 0 Å². The minimum absolute atomic E-state index is 0.000546. The Morgan fingerprint density at radius 3 is 2.50 bits per heavy atom. The van der Waals surface area contributed by atoms with E-state index in [0.717, 1.165) is 19.6 Å². The van der Waals surface area contributed by atoms with E-state index in [2.05, 4.69) is 10.2 Å². The second-order valence-corrected chi connectivity index (χ2v) is 7.10. The summed E-state index contributed by atoms with van der Waals surface area (Å²) in [5.41, 5.74) is 1.24. The summed E-state index contributed by atoms with van der Waals surface area (Å²) in [5.74, 6) is 1.79. The molecule has 0 aromatic heterocycles. The van der Waals surface area contributed by atoms with Gasteiger partial charge in [-0.05, 0) is 62.2 Å². The van der Waals surface area contributed by atoms with Gasteiger partial charge in [0.15, 0.2) is 5.78 Å². The molecule has 2 aromatic carbocycles. The normalized spacial score (nSPS) is 23.7. The first kappa shape index (κ1) is 16.8. The largest absolute Gasteiger partial charge is 0.457 e. The third-order valence-corrected chi connectivity index (χ3v) is 5.24. The van der Waals surface area contributed by atoms with Crippen LogP contribution in [0.15, 0.2) is 48.5 Å². The number of rotatable bonds is 5. The first-order chi connectivity index (χ1) is 12.6. The topological polar surface area (TPSA) is 58.6 Å². The molecule has 2 fully saturated rings. The van der Waals surface area contributed by atoms with Crippen molar-refractivity contribution in [2.24, 2.45) is 5.92 Å². The van der Waals surface area contributed by atoms with Crippen LogP contribution in [-0.4, -0.2) is 42.3 Å². The molecule has 134 valence electrons. The van der Waals surface area contributed by atoms with Gasteiger partial charge in [-0.15, -0.1) is 0 Å². The van der Waals surface area contributed by atoms with Crippen LogP contribution in [-0.2, 0) is 0 Å². The Morgan fingerprint density at radius 2 is 1.85 bits per heavy atom. The van der Waals surface area contributed by atoms with Crippen LogP contribution >= 0.6 is 0 Å². The van der Waals surface area contributed by atoms with Gasteiger partial charge in [0.05, 0.1) is 0 Å². The molecule has 1 amide bonds. The van der Waals surface area contributed by atoms with E-state index in [1.165, 1.54) is 13.3 Å². The number of ether oxygens (including phenoxy) is 1. The smallest absolute Gasteiger partial charge is 0.251 e. The van der Waals surface area contributed by atoms with Crippen LogP contribution in [0.4, 0.5) is 0 Å². The van der Waals surface area contributed by atoms with Crippen LogP contribution in [0.25, 0.3) is 0 Å². The van der Waals surface area contributed by atoms with Gasteiger partial charge in [0, 0.05) is 30.3 Å². The van der Waals surface area contributed by atoms with E-state index < -0.39 is 0 Å². The van der Waals surface area contributed by atoms with Crippen LogP contribution < -0.4 is 10.1 Å². The fraction of sp³-hybridized carbons (Fsp3) is 0.333. The summed E-state index contributed by atoms with van der Waals surface area (Å²) in [7, 11) is 0. The summed E-state index contributed by atoms with van der Waals surface area (Å²) in [4.78, 5) is 26.3. The molecule has 26 heavy (non-hydrogen) atoms. The number of benzene rings is 2. The van der Waals surface area contributed by atoms with Crippen molar-refractivity contribution >= 4 is 11.7 Å². The molecule has 0 aliphatic carbocycles. The first-order valence-electron chi connectivity index (χ1n) is 9.00. The Bertz CT molecular complexity index is 831. The number of ketones is 1. The van der Waals surface area contributed by atoms with Gasteiger partial charge in [-0.25, -0.2) is 0 Å². The average Bonchev–Trinajstić information content (AvgIpc) is 3.25. The number of nitrogens with one attached hydrogen (secondary N) is 1. The van der Waals surface area contributed by atoms with Crippen molar-refractivity contribution in [2.45, 2.75) is 19.4 Å². The molecule has 0 saturated carbocycles. The molecule has 5 nitrogen and oxygen atoms in total. The highest BCUT2D eigenvalue weighted by atomic mass is 16.5. The Kier molecular flexibility index (Phi) is 4.47. The van der Waals surface area contributed by atoms with Gasteiger partial charge < -0.3 is 15.0 Å². The van der Waals surface area contributed by atoms with Gasteiger partial charge in [0.1, 0.15) is 11.5 Å². The number of Topliss-reactive ketones (excluding diaryl/α,β-unsaturated/α-hetero) is 1. The molecule has 0 radical (unpaired) electrons. The Labute approximate surface area is 153 Å². The van der Waals surface area contributed by atoms with E-state index in [-0.39, 0.29) is 17.7 Å². The molecule has 4 rings (SSSR count). The Morgan fingerprint density at radius 1 is 1.04 bits per heavy atom. The number of nitrogens with zero attached hydrogens (tertiary/aromatic N) is 1. The molecular weight excluding hydrogens is 328 g/mol. The van der Waals surface area contributed by atoms with Gasteiger partial charge in [-0.1, -0.05) is 12.1 Å². The first-order valence-corrected chi connectivity index (χ1v) is 9.00. The van der Waals surface area contributed by atoms with Gasteiger partial charge in [0.2, 0.25) is 0 Å². The van der Waals surface area contributed by atoms with E-state index in [9.17, 15) is 9.59 Å². The predicted molar refractivity (Wildman–Crippen MR) is 98.8 cm³/mol. The van der Waals surface area contributed by atoms with Crippen molar-refractivity contribution < 1.29 is 14.3 Å². The zero-order valence-electron chi connectivity index (χ0n) is 14.8. The molecule has 3 atom stereocenters. The summed E-state index contributed by atoms with van der Waals surface area (Å²) in [6.45, 7) is 4.76. The van der Waals surface area contributed by atoms with Crippen molar-refractivity contribution in [1.82, 2.24) is 10.2 Å². The monoisotopic (exact) mass is 350 g/mol. The lowest BCUT2D eigenvalue weighted by Crippen LogP contribution is -2.43. The number of hydrogen-bond donors (Lipinski definition) is 1. The minimum Gasteiger partial charge on any atom is -0.457 e. The molecule has 0 spiro atoms. The van der Waals surface area contributed by atoms with Crippen molar-refractivity contribution in [2.75, 3.05) is 19.6 Å². The van der Waals surface area contributed by atoms with Crippen LogP contribution in [0.3, 0.4) is 0 Å². The summed E-state index contributed by atoms with van der Waals surface area (Å²) in [6, 6.07) is 14.4. The number of fused-ring (bicyclic) bond motifs is 2. The van der Waals surface area contributed by atoms with E-state index in [1.54, 1.807) is 48.5 Å². The van der Waals surface area contributed by atoms with E-state index in [4.69, 9.17) is 4.74 Å². The molecule has 2 aromatic rings. The van der Waals surface area contributed by atoms with Crippen molar-refractivity contribution in [1.29, 1.82) is 0 Å². The second-order valence-electron chi connectivity index (χ2n) is 7.10. The fourth-order valence-electron chi connectivity index (χ4n) is 3.79. The molecule has 2 aliphatic rings. The quantitative estimate of drug-likeness (QED) is 0.842. The maximum Gasteiger partial charge on any atom is 0.251 e. The molecular formula is C21H22N2O3. The van der Waals surface area contributed by atoms with Crippen LogP contribution in [0.5, 0.6) is 11.5 Å². The molecule has 2 unspecified atom stereocenters. The van der Waals surface area contributed by atoms with Gasteiger partial charge >= 0.3 is 0 Å². The molecule has 2 saturated heterocycles. The number of carbonyl (C=O) groups excluding carboxylic acids is 2. The van der Waals surface area contributed by atoms with E-state index in [1.807, 2.05) is 0 Å². The van der Waals surface area contributed by atoms with Gasteiger partial charge in [-0.3, -0.25) is 9.59 Å². The third-order valence-electron chi connectivity index (χ3n) is 5.24. The maximum atomic E-state index is 12.5. The highest BCUT2D eigenvalue weighted by Crippen LogP contribution is 2.28. The number of amides is 1. The zero-order valence-corrected chi connectivity index (χ0v) is 14.8. The van der Waals surface area contributed by atoms with E-state index in [0.29, 0.717) is 28.5 Å². The second kappa shape index (κ2) is 6.92. The SMILES string of the molecule is CC(=O)c1cccc(Oc2ccc(C(=O)NC3CN4CC[C@H]3C4)cc2)c1. The number of carbonyl (C=O) groups is 2. The lowest BCUT2D eigenvalue weighted by atomic mass is 9.99. The average molecular weight is 350 g/mol. The molecule has 5 heteroatoms. The zero-order chi connectivity index (χ0) is 18.1. The summed E-state index contributed by atoms with van der Waals surface area (Å²) >= 11 is 0. The highest BCUT2D eigenvalue weighted by molar-refractivity contribution is 5.95.